The summed E-state index contributed by atoms with van der Waals surface area (Å²) in [6.07, 6.45) is 1.20. The summed E-state index contributed by atoms with van der Waals surface area (Å²) in [6, 6.07) is 67.7. The summed E-state index contributed by atoms with van der Waals surface area (Å²) in [5, 5.41) is 4.70. The highest BCUT2D eigenvalue weighted by Crippen LogP contribution is 2.50. The third kappa shape index (κ3) is 6.32. The number of hydrogen-bond donors (Lipinski definition) is 0. The van der Waals surface area contributed by atoms with Gasteiger partial charge in [0, 0.05) is 38.4 Å². The Labute approximate surface area is 379 Å². The molecule has 5 nitrogen and oxygen atoms in total. The minimum Gasteiger partial charge on any atom is -0.309 e. The van der Waals surface area contributed by atoms with Gasteiger partial charge in [-0.15, -0.1) is 0 Å². The van der Waals surface area contributed by atoms with Crippen molar-refractivity contribution in [1.29, 1.82) is 0 Å². The van der Waals surface area contributed by atoms with E-state index in [1.165, 1.54) is 50.6 Å². The molecule has 1 aliphatic rings. The number of rotatable bonds is 6. The van der Waals surface area contributed by atoms with E-state index in [4.69, 9.17) is 15.0 Å². The average molecular weight is 840 g/mol. The van der Waals surface area contributed by atoms with Crippen LogP contribution in [0.4, 0.5) is 0 Å². The van der Waals surface area contributed by atoms with Crippen LogP contribution in [0.5, 0.6) is 0 Å². The Kier molecular flexibility index (Phi) is 8.83. The van der Waals surface area contributed by atoms with Gasteiger partial charge in [0.15, 0.2) is 11.6 Å². The molecule has 8 aromatic carbocycles. The van der Waals surface area contributed by atoms with Gasteiger partial charge in [0.05, 0.1) is 22.1 Å². The number of nitrogens with zero attached hydrogens (tertiary/aromatic N) is 5. The van der Waals surface area contributed by atoms with Gasteiger partial charge in [-0.25, -0.2) is 4.98 Å². The Balaban J connectivity index is 1.04. The molecular weight excluding hydrogens is 791 g/mol. The van der Waals surface area contributed by atoms with Crippen molar-refractivity contribution in [3.8, 4) is 56.7 Å². The van der Waals surface area contributed by atoms with E-state index in [-0.39, 0.29) is 10.8 Å². The first-order valence-corrected chi connectivity index (χ1v) is 22.8. The fraction of sp³-hybridized carbons (Fsp3) is 0.150. The van der Waals surface area contributed by atoms with Crippen LogP contribution in [-0.4, -0.2) is 24.1 Å². The van der Waals surface area contributed by atoms with Crippen LogP contribution in [0.3, 0.4) is 0 Å². The molecule has 12 rings (SSSR count). The standard InChI is InChI=1S/C60H49N5/c1-38-37-59(2,3)50-31-30-44(34-51(50)60(38,4)5)42-23-16-22-41(32-42)43-24-17-25-45(33-43)64-52-28-14-12-26-46(52)48-35-49-47-27-13-15-29-53(47)65(55(49)36-54(48)64)58-62-56(39-18-8-6-9-19-39)61-57(63-58)40-20-10-7-11-21-40/h6-36,38H,37H2,1-5H3. The molecule has 5 heteroatoms. The quantitative estimate of drug-likeness (QED) is 0.168. The van der Waals surface area contributed by atoms with Gasteiger partial charge in [0.1, 0.15) is 0 Å². The lowest BCUT2D eigenvalue weighted by atomic mass is 9.58. The fourth-order valence-electron chi connectivity index (χ4n) is 10.8. The molecule has 0 N–H and O–H groups in total. The number of fused-ring (bicyclic) bond motifs is 7. The fourth-order valence-corrected chi connectivity index (χ4v) is 10.8. The second-order valence-corrected chi connectivity index (χ2v) is 19.2. The van der Waals surface area contributed by atoms with E-state index in [9.17, 15) is 0 Å². The van der Waals surface area contributed by atoms with Gasteiger partial charge in [0.2, 0.25) is 5.95 Å². The van der Waals surface area contributed by atoms with Crippen LogP contribution in [-0.2, 0) is 10.8 Å². The minimum atomic E-state index is 0.108. The van der Waals surface area contributed by atoms with Crippen LogP contribution >= 0.6 is 0 Å². The second-order valence-electron chi connectivity index (χ2n) is 19.2. The van der Waals surface area contributed by atoms with Crippen molar-refractivity contribution in [3.63, 3.8) is 0 Å². The molecule has 314 valence electrons. The number of para-hydroxylation sites is 2. The van der Waals surface area contributed by atoms with Gasteiger partial charge in [0.25, 0.3) is 0 Å². The average Bonchev–Trinajstić information content (AvgIpc) is 3.85. The number of hydrogen-bond acceptors (Lipinski definition) is 3. The molecule has 1 aliphatic carbocycles. The summed E-state index contributed by atoms with van der Waals surface area (Å²) >= 11 is 0. The molecule has 0 saturated carbocycles. The van der Waals surface area contributed by atoms with Gasteiger partial charge in [-0.1, -0.05) is 180 Å². The highest BCUT2D eigenvalue weighted by atomic mass is 15.2. The Morgan fingerprint density at radius 1 is 0.400 bits per heavy atom. The zero-order valence-electron chi connectivity index (χ0n) is 37.4. The zero-order valence-corrected chi connectivity index (χ0v) is 37.4. The Morgan fingerprint density at radius 3 is 1.54 bits per heavy atom. The smallest absolute Gasteiger partial charge is 0.238 e. The maximum absolute atomic E-state index is 5.22. The molecule has 0 fully saturated rings. The third-order valence-corrected chi connectivity index (χ3v) is 14.5. The Morgan fingerprint density at radius 2 is 0.908 bits per heavy atom. The molecule has 3 aromatic heterocycles. The molecular formula is C60H49N5. The molecule has 65 heavy (non-hydrogen) atoms. The van der Waals surface area contributed by atoms with E-state index < -0.39 is 0 Å². The van der Waals surface area contributed by atoms with Crippen LogP contribution in [0.2, 0.25) is 0 Å². The van der Waals surface area contributed by atoms with E-state index in [1.807, 2.05) is 36.4 Å². The molecule has 1 atom stereocenters. The van der Waals surface area contributed by atoms with E-state index in [0.717, 1.165) is 49.7 Å². The number of aromatic nitrogens is 5. The molecule has 0 aliphatic heterocycles. The van der Waals surface area contributed by atoms with Crippen molar-refractivity contribution in [2.75, 3.05) is 0 Å². The first-order chi connectivity index (χ1) is 31.6. The van der Waals surface area contributed by atoms with Crippen molar-refractivity contribution in [2.45, 2.75) is 51.9 Å². The highest BCUT2D eigenvalue weighted by Gasteiger charge is 2.42. The molecule has 0 saturated heterocycles. The largest absolute Gasteiger partial charge is 0.309 e. The normalized spacial score (nSPS) is 15.5. The topological polar surface area (TPSA) is 48.5 Å². The van der Waals surface area contributed by atoms with E-state index in [0.29, 0.717) is 23.5 Å². The van der Waals surface area contributed by atoms with Crippen molar-refractivity contribution < 1.29 is 0 Å². The molecule has 1 unspecified atom stereocenters. The lowest BCUT2D eigenvalue weighted by Crippen LogP contribution is -2.40. The summed E-state index contributed by atoms with van der Waals surface area (Å²) in [6.45, 7) is 12.1. The van der Waals surface area contributed by atoms with E-state index in [1.54, 1.807) is 0 Å². The van der Waals surface area contributed by atoms with Crippen LogP contribution in [0, 0.1) is 5.92 Å². The highest BCUT2D eigenvalue weighted by molar-refractivity contribution is 6.19. The Hall–Kier alpha value is -7.63. The van der Waals surface area contributed by atoms with Gasteiger partial charge in [-0.3, -0.25) is 4.57 Å². The molecule has 0 radical (unpaired) electrons. The lowest BCUT2D eigenvalue weighted by molar-refractivity contribution is 0.233. The summed E-state index contributed by atoms with van der Waals surface area (Å²) in [5.41, 5.74) is 15.4. The van der Waals surface area contributed by atoms with Gasteiger partial charge >= 0.3 is 0 Å². The molecule has 0 amide bonds. The predicted molar refractivity (Wildman–Crippen MR) is 270 cm³/mol. The molecule has 11 aromatic rings. The molecule has 3 heterocycles. The number of benzene rings is 8. The van der Waals surface area contributed by atoms with Gasteiger partial charge in [-0.2, -0.15) is 9.97 Å². The summed E-state index contributed by atoms with van der Waals surface area (Å²) < 4.78 is 4.64. The summed E-state index contributed by atoms with van der Waals surface area (Å²) in [4.78, 5) is 15.5. The summed E-state index contributed by atoms with van der Waals surface area (Å²) in [5.74, 6) is 2.43. The van der Waals surface area contributed by atoms with Crippen LogP contribution < -0.4 is 0 Å². The maximum atomic E-state index is 5.22. The van der Waals surface area contributed by atoms with Crippen molar-refractivity contribution in [1.82, 2.24) is 24.1 Å². The van der Waals surface area contributed by atoms with Gasteiger partial charge in [-0.05, 0) is 99.0 Å². The van der Waals surface area contributed by atoms with Crippen molar-refractivity contribution in [3.05, 3.63) is 199 Å². The van der Waals surface area contributed by atoms with Crippen molar-refractivity contribution in [2.24, 2.45) is 5.92 Å². The first kappa shape index (κ1) is 39.0. The zero-order chi connectivity index (χ0) is 44.0. The summed E-state index contributed by atoms with van der Waals surface area (Å²) in [7, 11) is 0. The monoisotopic (exact) mass is 839 g/mol. The predicted octanol–water partition coefficient (Wildman–Crippen LogP) is 15.3. The first-order valence-electron chi connectivity index (χ1n) is 22.8. The second kappa shape index (κ2) is 14.7. The maximum Gasteiger partial charge on any atom is 0.238 e. The minimum absolute atomic E-state index is 0.108. The lowest BCUT2D eigenvalue weighted by Gasteiger charge is -2.46. The van der Waals surface area contributed by atoms with Crippen LogP contribution in [0.1, 0.15) is 52.2 Å². The van der Waals surface area contributed by atoms with E-state index >= 15 is 0 Å². The Bertz CT molecular complexity index is 3590. The SMILES string of the molecule is CC1CC(C)(C)c2ccc(-c3cccc(-c4cccc(-n5c6ccccc6c6cc7c8ccccc8n(-c8nc(-c9ccccc9)nc(-c9ccccc9)n8)c7cc65)c4)c3)cc2C1(C)C. The van der Waals surface area contributed by atoms with Gasteiger partial charge < -0.3 is 4.57 Å². The molecule has 0 bridgehead atoms. The molecule has 0 spiro atoms. The third-order valence-electron chi connectivity index (χ3n) is 14.5. The van der Waals surface area contributed by atoms with E-state index in [2.05, 4.69) is 195 Å². The van der Waals surface area contributed by atoms with Crippen LogP contribution in [0.25, 0.3) is 100 Å². The van der Waals surface area contributed by atoms with Crippen LogP contribution in [0.15, 0.2) is 188 Å². The van der Waals surface area contributed by atoms with Crippen molar-refractivity contribution >= 4 is 43.6 Å².